The Balaban J connectivity index is 2.00. The van der Waals surface area contributed by atoms with Gasteiger partial charge in [0, 0.05) is 6.04 Å². The zero-order valence-electron chi connectivity index (χ0n) is 8.10. The van der Waals surface area contributed by atoms with Crippen molar-refractivity contribution in [3.8, 4) is 0 Å². The molecule has 14 heavy (non-hydrogen) atoms. The molecule has 0 spiro atoms. The highest BCUT2D eigenvalue weighted by Crippen LogP contribution is 2.28. The van der Waals surface area contributed by atoms with Gasteiger partial charge in [-0.15, -0.1) is 0 Å². The second-order valence-corrected chi connectivity index (χ2v) is 3.41. The van der Waals surface area contributed by atoms with Gasteiger partial charge < -0.3 is 9.15 Å². The summed E-state index contributed by atoms with van der Waals surface area (Å²) in [6.45, 7) is 0.504. The fourth-order valence-corrected chi connectivity index (χ4v) is 1.42. The Bertz CT molecular complexity index is 303. The van der Waals surface area contributed by atoms with Gasteiger partial charge in [0.1, 0.15) is 5.76 Å². The van der Waals surface area contributed by atoms with E-state index >= 15 is 0 Å². The summed E-state index contributed by atoms with van der Waals surface area (Å²) in [5.74, 6) is 0.794. The third kappa shape index (κ3) is 1.89. The molecule has 1 heterocycles. The zero-order valence-corrected chi connectivity index (χ0v) is 8.10. The highest BCUT2D eigenvalue weighted by molar-refractivity contribution is 5.68. The van der Waals surface area contributed by atoms with Crippen LogP contribution >= 0.6 is 0 Å². The first-order valence-electron chi connectivity index (χ1n) is 4.68. The molecule has 4 heteroatoms. The number of carbonyl (C=O) groups is 1. The fraction of sp³-hybridized carbons (Fsp3) is 0.500. The van der Waals surface area contributed by atoms with Crippen molar-refractivity contribution < 1.29 is 13.9 Å². The second-order valence-electron chi connectivity index (χ2n) is 3.41. The molecule has 1 aromatic heterocycles. The van der Waals surface area contributed by atoms with Gasteiger partial charge >= 0.3 is 6.09 Å². The van der Waals surface area contributed by atoms with Crippen LogP contribution in [0.2, 0.25) is 0 Å². The number of hydrogen-bond acceptors (Lipinski definition) is 3. The van der Waals surface area contributed by atoms with E-state index in [2.05, 4.69) is 0 Å². The smallest absolute Gasteiger partial charge is 0.410 e. The van der Waals surface area contributed by atoms with Crippen LogP contribution in [0.5, 0.6) is 0 Å². The maximum Gasteiger partial charge on any atom is 0.410 e. The highest BCUT2D eigenvalue weighted by atomic mass is 16.5. The molecule has 2 rings (SSSR count). The van der Waals surface area contributed by atoms with E-state index in [9.17, 15) is 4.79 Å². The van der Waals surface area contributed by atoms with Crippen LogP contribution < -0.4 is 0 Å². The van der Waals surface area contributed by atoms with Gasteiger partial charge in [-0.3, -0.25) is 4.90 Å². The minimum atomic E-state index is -0.274. The Kier molecular flexibility index (Phi) is 2.43. The maximum atomic E-state index is 11.4. The summed E-state index contributed by atoms with van der Waals surface area (Å²) in [5, 5.41) is 0. The van der Waals surface area contributed by atoms with Gasteiger partial charge in [-0.25, -0.2) is 4.79 Å². The summed E-state index contributed by atoms with van der Waals surface area (Å²) in [7, 11) is 1.40. The Morgan fingerprint density at radius 1 is 1.71 bits per heavy atom. The quantitative estimate of drug-likeness (QED) is 0.740. The summed E-state index contributed by atoms with van der Waals surface area (Å²) in [4.78, 5) is 13.1. The third-order valence-electron chi connectivity index (χ3n) is 2.30. The molecule has 1 aliphatic carbocycles. The van der Waals surface area contributed by atoms with Crippen LogP contribution in [0.15, 0.2) is 22.8 Å². The number of hydrogen-bond donors (Lipinski definition) is 0. The van der Waals surface area contributed by atoms with Gasteiger partial charge in [-0.05, 0) is 25.0 Å². The molecule has 0 aromatic carbocycles. The molecule has 1 saturated carbocycles. The van der Waals surface area contributed by atoms with Crippen molar-refractivity contribution in [1.82, 2.24) is 4.90 Å². The Morgan fingerprint density at radius 2 is 2.50 bits per heavy atom. The fourth-order valence-electron chi connectivity index (χ4n) is 1.42. The zero-order chi connectivity index (χ0) is 9.97. The van der Waals surface area contributed by atoms with Crippen LogP contribution in [-0.4, -0.2) is 24.1 Å². The number of ether oxygens (including phenoxy) is 1. The van der Waals surface area contributed by atoms with E-state index in [0.29, 0.717) is 12.6 Å². The van der Waals surface area contributed by atoms with E-state index in [1.54, 1.807) is 11.2 Å². The van der Waals surface area contributed by atoms with Gasteiger partial charge in [0.05, 0.1) is 19.9 Å². The maximum absolute atomic E-state index is 11.4. The normalized spacial score (nSPS) is 15.2. The molecular weight excluding hydrogens is 182 g/mol. The lowest BCUT2D eigenvalue weighted by Crippen LogP contribution is -2.32. The molecule has 1 aliphatic rings. The SMILES string of the molecule is COC(=O)N(Cc1ccco1)C1CC1. The summed E-state index contributed by atoms with van der Waals surface area (Å²) in [5.41, 5.74) is 0. The van der Waals surface area contributed by atoms with Crippen molar-refractivity contribution in [2.45, 2.75) is 25.4 Å². The van der Waals surface area contributed by atoms with Crippen LogP contribution in [-0.2, 0) is 11.3 Å². The minimum Gasteiger partial charge on any atom is -0.467 e. The number of furan rings is 1. The van der Waals surface area contributed by atoms with Crippen LogP contribution in [0, 0.1) is 0 Å². The summed E-state index contributed by atoms with van der Waals surface area (Å²) in [6, 6.07) is 4.02. The Labute approximate surface area is 82.4 Å². The molecular formula is C10H13NO3. The van der Waals surface area contributed by atoms with Crippen molar-refractivity contribution >= 4 is 6.09 Å². The Morgan fingerprint density at radius 3 is 3.00 bits per heavy atom. The number of nitrogens with zero attached hydrogens (tertiary/aromatic N) is 1. The largest absolute Gasteiger partial charge is 0.467 e. The topological polar surface area (TPSA) is 42.7 Å². The molecule has 1 amide bonds. The number of methoxy groups -OCH3 is 1. The van der Waals surface area contributed by atoms with E-state index < -0.39 is 0 Å². The molecule has 0 aliphatic heterocycles. The first-order chi connectivity index (χ1) is 6.81. The van der Waals surface area contributed by atoms with Crippen molar-refractivity contribution in [3.63, 3.8) is 0 Å². The molecule has 1 aromatic rings. The molecule has 0 N–H and O–H groups in total. The molecule has 4 nitrogen and oxygen atoms in total. The van der Waals surface area contributed by atoms with Gasteiger partial charge in [0.25, 0.3) is 0 Å². The molecule has 0 bridgehead atoms. The molecule has 76 valence electrons. The molecule has 1 fully saturated rings. The monoisotopic (exact) mass is 195 g/mol. The molecule has 0 radical (unpaired) electrons. The number of amides is 1. The van der Waals surface area contributed by atoms with E-state index in [0.717, 1.165) is 18.6 Å². The van der Waals surface area contributed by atoms with Crippen molar-refractivity contribution in [1.29, 1.82) is 0 Å². The first kappa shape index (κ1) is 9.12. The van der Waals surface area contributed by atoms with E-state index in [1.165, 1.54) is 7.11 Å². The van der Waals surface area contributed by atoms with Crippen LogP contribution in [0.3, 0.4) is 0 Å². The first-order valence-corrected chi connectivity index (χ1v) is 4.68. The van der Waals surface area contributed by atoms with Gasteiger partial charge in [-0.2, -0.15) is 0 Å². The minimum absolute atomic E-state index is 0.274. The van der Waals surface area contributed by atoms with E-state index in [1.807, 2.05) is 12.1 Å². The predicted molar refractivity (Wildman–Crippen MR) is 49.7 cm³/mol. The standard InChI is InChI=1S/C10H13NO3/c1-13-10(12)11(8-4-5-8)7-9-3-2-6-14-9/h2-3,6,8H,4-5,7H2,1H3. The van der Waals surface area contributed by atoms with Crippen molar-refractivity contribution in [3.05, 3.63) is 24.2 Å². The van der Waals surface area contributed by atoms with Crippen LogP contribution in [0.1, 0.15) is 18.6 Å². The lowest BCUT2D eigenvalue weighted by Gasteiger charge is -2.19. The highest BCUT2D eigenvalue weighted by Gasteiger charge is 2.33. The second kappa shape index (κ2) is 3.74. The lowest BCUT2D eigenvalue weighted by molar-refractivity contribution is 0.114. The average molecular weight is 195 g/mol. The third-order valence-corrected chi connectivity index (χ3v) is 2.30. The Hall–Kier alpha value is -1.45. The summed E-state index contributed by atoms with van der Waals surface area (Å²) in [6.07, 6.45) is 3.47. The van der Waals surface area contributed by atoms with Gasteiger partial charge in [0.15, 0.2) is 0 Å². The summed E-state index contributed by atoms with van der Waals surface area (Å²) < 4.78 is 9.89. The lowest BCUT2D eigenvalue weighted by atomic mass is 10.4. The van der Waals surface area contributed by atoms with E-state index in [4.69, 9.17) is 9.15 Å². The van der Waals surface area contributed by atoms with Crippen LogP contribution in [0.25, 0.3) is 0 Å². The molecule has 0 unspecified atom stereocenters. The van der Waals surface area contributed by atoms with Crippen LogP contribution in [0.4, 0.5) is 4.79 Å². The van der Waals surface area contributed by atoms with Gasteiger partial charge in [-0.1, -0.05) is 0 Å². The average Bonchev–Trinajstić information content (AvgIpc) is 2.92. The molecule has 0 atom stereocenters. The van der Waals surface area contributed by atoms with Crippen molar-refractivity contribution in [2.24, 2.45) is 0 Å². The predicted octanol–water partition coefficient (Wildman–Crippen LogP) is 2.01. The van der Waals surface area contributed by atoms with Crippen molar-refractivity contribution in [2.75, 3.05) is 7.11 Å². The molecule has 0 saturated heterocycles. The van der Waals surface area contributed by atoms with E-state index in [-0.39, 0.29) is 6.09 Å². The van der Waals surface area contributed by atoms with Gasteiger partial charge in [0.2, 0.25) is 0 Å². The number of carbonyl (C=O) groups excluding carboxylic acids is 1. The number of rotatable bonds is 3. The summed E-state index contributed by atoms with van der Waals surface area (Å²) >= 11 is 0.